The average Bonchev–Trinajstić information content (AvgIpc) is 2.94. The molecule has 1 aromatic carbocycles. The third-order valence-corrected chi connectivity index (χ3v) is 3.06. The van der Waals surface area contributed by atoms with Crippen molar-refractivity contribution in [1.29, 1.82) is 0 Å². The van der Waals surface area contributed by atoms with Crippen molar-refractivity contribution in [3.8, 4) is 5.75 Å². The molecule has 1 heterocycles. The van der Waals surface area contributed by atoms with Crippen LogP contribution in [0.1, 0.15) is 10.5 Å². The van der Waals surface area contributed by atoms with E-state index in [2.05, 4.69) is 15.7 Å². The van der Waals surface area contributed by atoms with Gasteiger partial charge >= 0.3 is 0 Å². The summed E-state index contributed by atoms with van der Waals surface area (Å²) in [6.45, 7) is -0.0746. The summed E-state index contributed by atoms with van der Waals surface area (Å²) in [7, 11) is 4.61. The van der Waals surface area contributed by atoms with Crippen molar-refractivity contribution in [2.24, 2.45) is 7.05 Å². The first-order valence-corrected chi connectivity index (χ1v) is 6.81. The van der Waals surface area contributed by atoms with E-state index in [4.69, 9.17) is 9.47 Å². The SMILES string of the molecule is COCC(=O)Nc1cc(NC(=O)c2ccnn2C)ccc1OC. The van der Waals surface area contributed by atoms with Crippen LogP contribution in [-0.2, 0) is 16.6 Å². The van der Waals surface area contributed by atoms with E-state index in [1.807, 2.05) is 0 Å². The Labute approximate surface area is 133 Å². The minimum absolute atomic E-state index is 0.0746. The third kappa shape index (κ3) is 4.07. The molecule has 0 aliphatic carbocycles. The molecule has 0 aliphatic heterocycles. The van der Waals surface area contributed by atoms with E-state index in [-0.39, 0.29) is 18.4 Å². The first-order chi connectivity index (χ1) is 11.0. The molecule has 0 bridgehead atoms. The van der Waals surface area contributed by atoms with Crippen LogP contribution >= 0.6 is 0 Å². The van der Waals surface area contributed by atoms with Crippen LogP contribution in [0.25, 0.3) is 0 Å². The monoisotopic (exact) mass is 318 g/mol. The number of methoxy groups -OCH3 is 2. The van der Waals surface area contributed by atoms with Gasteiger partial charge in [-0.15, -0.1) is 0 Å². The molecule has 23 heavy (non-hydrogen) atoms. The van der Waals surface area contributed by atoms with Gasteiger partial charge in [0.15, 0.2) is 0 Å². The number of aryl methyl sites for hydroxylation is 1. The maximum absolute atomic E-state index is 12.2. The van der Waals surface area contributed by atoms with Crippen molar-refractivity contribution in [1.82, 2.24) is 9.78 Å². The Morgan fingerprint density at radius 3 is 2.61 bits per heavy atom. The molecule has 8 heteroatoms. The lowest BCUT2D eigenvalue weighted by molar-refractivity contribution is -0.119. The van der Waals surface area contributed by atoms with Gasteiger partial charge in [0.05, 0.1) is 12.8 Å². The molecule has 122 valence electrons. The molecule has 2 rings (SSSR count). The Balaban J connectivity index is 2.18. The zero-order valence-corrected chi connectivity index (χ0v) is 13.1. The fourth-order valence-electron chi connectivity index (χ4n) is 1.99. The zero-order valence-electron chi connectivity index (χ0n) is 13.1. The normalized spacial score (nSPS) is 10.2. The van der Waals surface area contributed by atoms with E-state index < -0.39 is 0 Å². The second kappa shape index (κ2) is 7.41. The van der Waals surface area contributed by atoms with E-state index in [9.17, 15) is 9.59 Å². The summed E-state index contributed by atoms with van der Waals surface area (Å²) >= 11 is 0. The van der Waals surface area contributed by atoms with Crippen LogP contribution in [0.3, 0.4) is 0 Å². The van der Waals surface area contributed by atoms with E-state index >= 15 is 0 Å². The average molecular weight is 318 g/mol. The number of hydrogen-bond acceptors (Lipinski definition) is 5. The Bertz CT molecular complexity index is 711. The van der Waals surface area contributed by atoms with E-state index in [0.717, 1.165) is 0 Å². The number of aromatic nitrogens is 2. The number of amides is 2. The summed E-state index contributed by atoms with van der Waals surface area (Å²) in [5, 5.41) is 9.36. The lowest BCUT2D eigenvalue weighted by Gasteiger charge is -2.12. The summed E-state index contributed by atoms with van der Waals surface area (Å²) in [6, 6.07) is 6.56. The van der Waals surface area contributed by atoms with Gasteiger partial charge in [0, 0.05) is 26.0 Å². The highest BCUT2D eigenvalue weighted by atomic mass is 16.5. The number of nitrogens with zero attached hydrogens (tertiary/aromatic N) is 2. The molecule has 0 saturated heterocycles. The first-order valence-electron chi connectivity index (χ1n) is 6.81. The van der Waals surface area contributed by atoms with Crippen molar-refractivity contribution < 1.29 is 19.1 Å². The van der Waals surface area contributed by atoms with Crippen LogP contribution in [0.4, 0.5) is 11.4 Å². The molecule has 8 nitrogen and oxygen atoms in total. The number of nitrogens with one attached hydrogen (secondary N) is 2. The number of carbonyl (C=O) groups excluding carboxylic acids is 2. The molecule has 0 atom stereocenters. The van der Waals surface area contributed by atoms with Gasteiger partial charge in [-0.3, -0.25) is 14.3 Å². The van der Waals surface area contributed by atoms with Gasteiger partial charge in [0.1, 0.15) is 18.1 Å². The van der Waals surface area contributed by atoms with Gasteiger partial charge in [-0.25, -0.2) is 0 Å². The van der Waals surface area contributed by atoms with E-state index in [1.165, 1.54) is 18.9 Å². The van der Waals surface area contributed by atoms with Crippen molar-refractivity contribution in [3.05, 3.63) is 36.2 Å². The van der Waals surface area contributed by atoms with Crippen molar-refractivity contribution in [2.45, 2.75) is 0 Å². The summed E-state index contributed by atoms with van der Waals surface area (Å²) in [5.74, 6) is -0.141. The topological polar surface area (TPSA) is 94.5 Å². The van der Waals surface area contributed by atoms with Crippen LogP contribution in [0, 0.1) is 0 Å². The highest BCUT2D eigenvalue weighted by Crippen LogP contribution is 2.28. The smallest absolute Gasteiger partial charge is 0.273 e. The molecule has 0 aliphatic rings. The summed E-state index contributed by atoms with van der Waals surface area (Å²) in [6.07, 6.45) is 1.54. The molecule has 0 unspecified atom stereocenters. The highest BCUT2D eigenvalue weighted by molar-refractivity contribution is 6.03. The quantitative estimate of drug-likeness (QED) is 0.836. The molecule has 0 saturated carbocycles. The summed E-state index contributed by atoms with van der Waals surface area (Å²) < 4.78 is 11.4. The van der Waals surface area contributed by atoms with Crippen LogP contribution in [0.5, 0.6) is 5.75 Å². The molecular weight excluding hydrogens is 300 g/mol. The van der Waals surface area contributed by atoms with Gasteiger partial charge in [0.25, 0.3) is 5.91 Å². The third-order valence-electron chi connectivity index (χ3n) is 3.06. The van der Waals surface area contributed by atoms with Crippen LogP contribution in [-0.4, -0.2) is 42.4 Å². The Morgan fingerprint density at radius 1 is 1.22 bits per heavy atom. The largest absolute Gasteiger partial charge is 0.495 e. The molecule has 2 amide bonds. The minimum Gasteiger partial charge on any atom is -0.495 e. The predicted molar refractivity (Wildman–Crippen MR) is 84.7 cm³/mol. The Hall–Kier alpha value is -2.87. The highest BCUT2D eigenvalue weighted by Gasteiger charge is 2.13. The molecule has 0 fully saturated rings. The number of carbonyl (C=O) groups is 2. The summed E-state index contributed by atoms with van der Waals surface area (Å²) in [5.41, 5.74) is 1.38. The number of hydrogen-bond donors (Lipinski definition) is 2. The molecule has 0 radical (unpaired) electrons. The zero-order chi connectivity index (χ0) is 16.8. The van der Waals surface area contributed by atoms with Gasteiger partial charge in [-0.2, -0.15) is 5.10 Å². The fraction of sp³-hybridized carbons (Fsp3) is 0.267. The number of rotatable bonds is 6. The van der Waals surface area contributed by atoms with Crippen LogP contribution in [0.2, 0.25) is 0 Å². The molecular formula is C15H18N4O4. The predicted octanol–water partition coefficient (Wildman–Crippen LogP) is 1.27. The minimum atomic E-state index is -0.319. The van der Waals surface area contributed by atoms with Crippen LogP contribution < -0.4 is 15.4 Å². The second-order valence-corrected chi connectivity index (χ2v) is 4.69. The number of anilines is 2. The van der Waals surface area contributed by atoms with Crippen molar-refractivity contribution >= 4 is 23.2 Å². The lowest BCUT2D eigenvalue weighted by atomic mass is 10.2. The lowest BCUT2D eigenvalue weighted by Crippen LogP contribution is -2.19. The fourth-order valence-corrected chi connectivity index (χ4v) is 1.99. The molecule has 0 spiro atoms. The molecule has 2 aromatic rings. The summed E-state index contributed by atoms with van der Waals surface area (Å²) in [4.78, 5) is 23.8. The van der Waals surface area contributed by atoms with Gasteiger partial charge in [0.2, 0.25) is 5.91 Å². The van der Waals surface area contributed by atoms with E-state index in [0.29, 0.717) is 22.8 Å². The molecule has 2 N–H and O–H groups in total. The standard InChI is InChI=1S/C15H18N4O4/c1-19-12(6-7-16-19)15(21)17-10-4-5-13(23-3)11(8-10)18-14(20)9-22-2/h4-8H,9H2,1-3H3,(H,17,21)(H,18,20). The van der Waals surface area contributed by atoms with Crippen molar-refractivity contribution in [2.75, 3.05) is 31.5 Å². The Morgan fingerprint density at radius 2 is 2.00 bits per heavy atom. The second-order valence-electron chi connectivity index (χ2n) is 4.69. The van der Waals surface area contributed by atoms with Crippen molar-refractivity contribution in [3.63, 3.8) is 0 Å². The molecule has 1 aromatic heterocycles. The van der Waals surface area contributed by atoms with E-state index in [1.54, 1.807) is 37.5 Å². The Kier molecular flexibility index (Phi) is 5.32. The first kappa shape index (κ1) is 16.5. The van der Waals surface area contributed by atoms with Gasteiger partial charge in [-0.1, -0.05) is 0 Å². The maximum atomic E-state index is 12.2. The maximum Gasteiger partial charge on any atom is 0.273 e. The number of ether oxygens (including phenoxy) is 2. The van der Waals surface area contributed by atoms with Gasteiger partial charge in [-0.05, 0) is 24.3 Å². The number of benzene rings is 1. The van der Waals surface area contributed by atoms with Gasteiger partial charge < -0.3 is 20.1 Å². The van der Waals surface area contributed by atoms with Crippen LogP contribution in [0.15, 0.2) is 30.5 Å².